The molecule has 0 aliphatic heterocycles. The van der Waals surface area contributed by atoms with Gasteiger partial charge in [0.25, 0.3) is 0 Å². The second-order valence-corrected chi connectivity index (χ2v) is 3.41. The molecule has 0 nitrogen and oxygen atoms in total. The van der Waals surface area contributed by atoms with Crippen molar-refractivity contribution in [1.82, 2.24) is 0 Å². The van der Waals surface area contributed by atoms with E-state index in [1.807, 2.05) is 84.9 Å². The van der Waals surface area contributed by atoms with Gasteiger partial charge in [0.1, 0.15) is 0 Å². The molecule has 0 unspecified atom stereocenters. The predicted molar refractivity (Wildman–Crippen MR) is 109 cm³/mol. The van der Waals surface area contributed by atoms with E-state index >= 15 is 0 Å². The fourth-order valence-electron chi connectivity index (χ4n) is 1.02. The third kappa shape index (κ3) is 20.5. The highest BCUT2D eigenvalue weighted by Crippen LogP contribution is 2.11. The zero-order valence-corrected chi connectivity index (χ0v) is 16.2. The lowest BCUT2D eigenvalue weighted by atomic mass is 10.1. The van der Waals surface area contributed by atoms with Crippen LogP contribution in [0.1, 0.15) is 55.4 Å². The lowest BCUT2D eigenvalue weighted by molar-refractivity contribution is 1.41. The number of allylic oxidation sites excluding steroid dienone is 11. The molecular weight excluding hydrogens is 264 g/mol. The number of hydrogen-bond donors (Lipinski definition) is 0. The second kappa shape index (κ2) is 27.5. The molecule has 0 aromatic carbocycles. The Morgan fingerprint density at radius 2 is 1.14 bits per heavy atom. The topological polar surface area (TPSA) is 0 Å². The quantitative estimate of drug-likeness (QED) is 0.436. The smallest absolute Gasteiger partial charge is 0.0233 e. The molecule has 0 heterocycles. The first-order chi connectivity index (χ1) is 10.7. The van der Waals surface area contributed by atoms with E-state index in [-0.39, 0.29) is 0 Å². The molecule has 0 spiro atoms. The Bertz CT molecular complexity index is 371. The van der Waals surface area contributed by atoms with Gasteiger partial charge in [-0.1, -0.05) is 115 Å². The van der Waals surface area contributed by atoms with Gasteiger partial charge in [-0.25, -0.2) is 0 Å². The molecule has 0 atom stereocenters. The standard InChI is InChI=1S/C16H20.3C2H6/c1-6-9-10-11-16(8-3)15(5)13-12-14(4)7-2;3*1-2/h6-13H,1-3H2,4-5H3;3*1-2H3/b10-9-,14-12-,15-13+,16-11+;;;. The van der Waals surface area contributed by atoms with Gasteiger partial charge in [-0.15, -0.1) is 0 Å². The van der Waals surface area contributed by atoms with Gasteiger partial charge in [0.2, 0.25) is 0 Å². The third-order valence-electron chi connectivity index (χ3n) is 2.12. The van der Waals surface area contributed by atoms with E-state index in [1.54, 1.807) is 6.08 Å². The molecule has 0 amide bonds. The summed E-state index contributed by atoms with van der Waals surface area (Å²) in [6.07, 6.45) is 15.4. The van der Waals surface area contributed by atoms with Crippen molar-refractivity contribution in [3.63, 3.8) is 0 Å². The van der Waals surface area contributed by atoms with Gasteiger partial charge in [0, 0.05) is 0 Å². The Labute approximate surface area is 141 Å². The van der Waals surface area contributed by atoms with Crippen molar-refractivity contribution in [3.8, 4) is 0 Å². The third-order valence-corrected chi connectivity index (χ3v) is 2.12. The Balaban J connectivity index is -0.000000238. The maximum Gasteiger partial charge on any atom is -0.0233 e. The highest BCUT2D eigenvalue weighted by atomic mass is 14.0. The molecule has 0 N–H and O–H groups in total. The first kappa shape index (κ1) is 28.4. The normalized spacial score (nSPS) is 11.0. The van der Waals surface area contributed by atoms with Gasteiger partial charge >= 0.3 is 0 Å². The molecular formula is C22H38. The molecule has 0 saturated heterocycles. The maximum atomic E-state index is 3.80. The first-order valence-corrected chi connectivity index (χ1v) is 8.25. The molecule has 0 rings (SSSR count). The van der Waals surface area contributed by atoms with Crippen LogP contribution in [0.5, 0.6) is 0 Å². The molecule has 0 heteroatoms. The van der Waals surface area contributed by atoms with Crippen LogP contribution < -0.4 is 0 Å². The Hall–Kier alpha value is -1.82. The van der Waals surface area contributed by atoms with Gasteiger partial charge in [-0.3, -0.25) is 0 Å². The van der Waals surface area contributed by atoms with Crippen LogP contribution in [0.25, 0.3) is 0 Å². The maximum absolute atomic E-state index is 3.80. The predicted octanol–water partition coefficient (Wildman–Crippen LogP) is 8.00. The van der Waals surface area contributed by atoms with E-state index < -0.39 is 0 Å². The number of rotatable bonds is 6. The molecule has 0 fully saturated rings. The molecule has 0 bridgehead atoms. The minimum absolute atomic E-state index is 1.10. The van der Waals surface area contributed by atoms with Crippen LogP contribution in [-0.2, 0) is 0 Å². The minimum Gasteiger partial charge on any atom is -0.0991 e. The lowest BCUT2D eigenvalue weighted by Crippen LogP contribution is -1.79. The largest absolute Gasteiger partial charge is 0.0991 e. The van der Waals surface area contributed by atoms with Gasteiger partial charge in [0.05, 0.1) is 0 Å². The summed E-state index contributed by atoms with van der Waals surface area (Å²) in [5.41, 5.74) is 3.42. The Kier molecular flexibility index (Phi) is 35.5. The molecule has 22 heavy (non-hydrogen) atoms. The molecule has 0 aliphatic carbocycles. The van der Waals surface area contributed by atoms with Gasteiger partial charge in [0.15, 0.2) is 0 Å². The summed E-state index contributed by atoms with van der Waals surface area (Å²) in [5.74, 6) is 0. The SMILES string of the molecule is C=C\C=C/C=C(C=C)/C(C)=C/C=C(/C)C=C.CC.CC.CC. The average Bonchev–Trinajstić information content (AvgIpc) is 2.61. The van der Waals surface area contributed by atoms with Gasteiger partial charge in [-0.2, -0.15) is 0 Å². The lowest BCUT2D eigenvalue weighted by Gasteiger charge is -1.99. The molecule has 0 aliphatic rings. The summed E-state index contributed by atoms with van der Waals surface area (Å²) < 4.78 is 0. The van der Waals surface area contributed by atoms with E-state index in [2.05, 4.69) is 32.7 Å². The van der Waals surface area contributed by atoms with Crippen LogP contribution in [0.3, 0.4) is 0 Å². The van der Waals surface area contributed by atoms with E-state index in [4.69, 9.17) is 0 Å². The summed E-state index contributed by atoms with van der Waals surface area (Å²) in [5, 5.41) is 0. The number of hydrogen-bond acceptors (Lipinski definition) is 0. The van der Waals surface area contributed by atoms with Crippen molar-refractivity contribution < 1.29 is 0 Å². The molecule has 126 valence electrons. The van der Waals surface area contributed by atoms with Crippen molar-refractivity contribution in [3.05, 3.63) is 85.1 Å². The highest BCUT2D eigenvalue weighted by Gasteiger charge is 1.91. The Morgan fingerprint density at radius 3 is 1.50 bits per heavy atom. The van der Waals surface area contributed by atoms with Crippen LogP contribution in [-0.4, -0.2) is 0 Å². The van der Waals surface area contributed by atoms with Gasteiger partial charge < -0.3 is 0 Å². The Morgan fingerprint density at radius 1 is 0.636 bits per heavy atom. The molecule has 0 aromatic rings. The average molecular weight is 303 g/mol. The fourth-order valence-corrected chi connectivity index (χ4v) is 1.02. The van der Waals surface area contributed by atoms with Crippen LogP contribution in [0.15, 0.2) is 85.1 Å². The molecule has 0 aromatic heterocycles. The molecule has 0 saturated carbocycles. The monoisotopic (exact) mass is 302 g/mol. The van der Waals surface area contributed by atoms with E-state index in [9.17, 15) is 0 Å². The van der Waals surface area contributed by atoms with Crippen molar-refractivity contribution in [2.75, 3.05) is 0 Å². The summed E-state index contributed by atoms with van der Waals surface area (Å²) in [4.78, 5) is 0. The summed E-state index contributed by atoms with van der Waals surface area (Å²) in [6, 6.07) is 0. The van der Waals surface area contributed by atoms with Gasteiger partial charge in [-0.05, 0) is 25.0 Å². The van der Waals surface area contributed by atoms with Crippen LogP contribution >= 0.6 is 0 Å². The van der Waals surface area contributed by atoms with Crippen LogP contribution in [0.2, 0.25) is 0 Å². The highest BCUT2D eigenvalue weighted by molar-refractivity contribution is 5.42. The van der Waals surface area contributed by atoms with Crippen molar-refractivity contribution in [1.29, 1.82) is 0 Å². The summed E-state index contributed by atoms with van der Waals surface area (Å²) in [7, 11) is 0. The van der Waals surface area contributed by atoms with Crippen molar-refractivity contribution in [2.24, 2.45) is 0 Å². The zero-order valence-electron chi connectivity index (χ0n) is 16.2. The second-order valence-electron chi connectivity index (χ2n) is 3.41. The van der Waals surface area contributed by atoms with E-state index in [0.717, 1.165) is 11.1 Å². The van der Waals surface area contributed by atoms with E-state index in [1.165, 1.54) is 5.57 Å². The summed E-state index contributed by atoms with van der Waals surface area (Å²) in [6.45, 7) is 27.2. The van der Waals surface area contributed by atoms with E-state index in [0.29, 0.717) is 0 Å². The van der Waals surface area contributed by atoms with Crippen LogP contribution in [0, 0.1) is 0 Å². The minimum atomic E-state index is 1.10. The van der Waals surface area contributed by atoms with Crippen molar-refractivity contribution in [2.45, 2.75) is 55.4 Å². The van der Waals surface area contributed by atoms with Crippen LogP contribution in [0.4, 0.5) is 0 Å². The summed E-state index contributed by atoms with van der Waals surface area (Å²) >= 11 is 0. The molecule has 0 radical (unpaired) electrons. The zero-order chi connectivity index (χ0) is 18.4. The fraction of sp³-hybridized carbons (Fsp3) is 0.364. The van der Waals surface area contributed by atoms with Crippen molar-refractivity contribution >= 4 is 0 Å². The first-order valence-electron chi connectivity index (χ1n) is 8.25.